The molecule has 6 heteroatoms. The van der Waals surface area contributed by atoms with Crippen molar-refractivity contribution < 1.29 is 8.78 Å². The SMILES string of the molecule is N#Cc1cccc(C#N)c1-n1c2ccccc2c2cc3c4ccccc4n(-c4c(F)cccc4F)c3cc21. The minimum absolute atomic E-state index is 0.157. The summed E-state index contributed by atoms with van der Waals surface area (Å²) >= 11 is 0. The molecule has 5 aromatic carbocycles. The van der Waals surface area contributed by atoms with Gasteiger partial charge in [-0.2, -0.15) is 10.5 Å². The molecule has 0 amide bonds. The summed E-state index contributed by atoms with van der Waals surface area (Å²) in [6.45, 7) is 0. The molecule has 0 saturated heterocycles. The van der Waals surface area contributed by atoms with Crippen molar-refractivity contribution in [1.29, 1.82) is 10.5 Å². The number of aromatic nitrogens is 2. The Bertz CT molecular complexity index is 2140. The topological polar surface area (TPSA) is 57.4 Å². The quantitative estimate of drug-likeness (QED) is 0.245. The molecule has 0 unspecified atom stereocenters. The van der Waals surface area contributed by atoms with Crippen LogP contribution in [0.15, 0.2) is 97.1 Å². The number of fused-ring (bicyclic) bond motifs is 6. The van der Waals surface area contributed by atoms with Gasteiger partial charge in [-0.3, -0.25) is 0 Å². The standard InChI is InChI=1S/C32H16F2N4/c33-25-11-6-12-26(34)32(25)38-28-14-4-2-10-22(28)24-15-23-21-9-1-3-13-27(21)37(29(23)16-30(24)38)31-19(17-35)7-5-8-20(31)18-36/h1-16H. The van der Waals surface area contributed by atoms with E-state index in [0.29, 0.717) is 27.8 Å². The van der Waals surface area contributed by atoms with Crippen molar-refractivity contribution in [2.45, 2.75) is 0 Å². The van der Waals surface area contributed by atoms with E-state index in [1.54, 1.807) is 22.8 Å². The van der Waals surface area contributed by atoms with Gasteiger partial charge in [-0.15, -0.1) is 0 Å². The van der Waals surface area contributed by atoms with Crippen LogP contribution in [0.2, 0.25) is 0 Å². The van der Waals surface area contributed by atoms with Gasteiger partial charge in [0.15, 0.2) is 0 Å². The largest absolute Gasteiger partial charge is 0.307 e. The van der Waals surface area contributed by atoms with Gasteiger partial charge in [0.2, 0.25) is 0 Å². The van der Waals surface area contributed by atoms with Gasteiger partial charge in [0.25, 0.3) is 0 Å². The summed E-state index contributed by atoms with van der Waals surface area (Å²) in [5, 5.41) is 23.4. The number of para-hydroxylation sites is 4. The van der Waals surface area contributed by atoms with Gasteiger partial charge in [-0.25, -0.2) is 8.78 Å². The third-order valence-electron chi connectivity index (χ3n) is 7.13. The van der Waals surface area contributed by atoms with E-state index >= 15 is 8.78 Å². The fraction of sp³-hybridized carbons (Fsp3) is 0. The van der Waals surface area contributed by atoms with Gasteiger partial charge in [-0.05, 0) is 48.5 Å². The van der Waals surface area contributed by atoms with Crippen LogP contribution in [0.1, 0.15) is 11.1 Å². The van der Waals surface area contributed by atoms with E-state index in [4.69, 9.17) is 0 Å². The molecule has 0 atom stereocenters. The van der Waals surface area contributed by atoms with Crippen LogP contribution in [0.25, 0.3) is 55.0 Å². The lowest BCUT2D eigenvalue weighted by Crippen LogP contribution is -2.02. The summed E-state index contributed by atoms with van der Waals surface area (Å²) in [5.41, 5.74) is 3.85. The predicted molar refractivity (Wildman–Crippen MR) is 144 cm³/mol. The van der Waals surface area contributed by atoms with Gasteiger partial charge in [0.05, 0.1) is 38.9 Å². The number of hydrogen-bond acceptors (Lipinski definition) is 2. The van der Waals surface area contributed by atoms with Gasteiger partial charge < -0.3 is 9.13 Å². The molecule has 0 bridgehead atoms. The van der Waals surface area contributed by atoms with Gasteiger partial charge in [-0.1, -0.05) is 48.5 Å². The predicted octanol–water partition coefficient (Wildman–Crippen LogP) is 7.90. The van der Waals surface area contributed by atoms with Gasteiger partial charge >= 0.3 is 0 Å². The first kappa shape index (κ1) is 21.8. The first-order valence-electron chi connectivity index (χ1n) is 12.0. The van der Waals surface area contributed by atoms with Crippen molar-refractivity contribution in [3.05, 3.63) is 120 Å². The molecule has 0 aliphatic carbocycles. The second kappa shape index (κ2) is 8.03. The summed E-state index contributed by atoms with van der Waals surface area (Å²) in [5.74, 6) is -1.34. The third kappa shape index (κ3) is 2.86. The monoisotopic (exact) mass is 494 g/mol. The Hall–Kier alpha value is -5.46. The van der Waals surface area contributed by atoms with E-state index in [1.807, 2.05) is 65.2 Å². The van der Waals surface area contributed by atoms with E-state index in [1.165, 1.54) is 18.2 Å². The van der Waals surface area contributed by atoms with E-state index in [-0.39, 0.29) is 5.69 Å². The zero-order valence-electron chi connectivity index (χ0n) is 19.8. The normalized spacial score (nSPS) is 11.4. The van der Waals surface area contributed by atoms with Crippen LogP contribution in [-0.4, -0.2) is 9.13 Å². The van der Waals surface area contributed by atoms with Crippen LogP contribution >= 0.6 is 0 Å². The molecule has 38 heavy (non-hydrogen) atoms. The van der Waals surface area contributed by atoms with Crippen molar-refractivity contribution in [2.75, 3.05) is 0 Å². The van der Waals surface area contributed by atoms with Crippen LogP contribution in [0.5, 0.6) is 0 Å². The van der Waals surface area contributed by atoms with Crippen LogP contribution < -0.4 is 0 Å². The minimum Gasteiger partial charge on any atom is -0.307 e. The maximum atomic E-state index is 15.2. The van der Waals surface area contributed by atoms with Crippen molar-refractivity contribution >= 4 is 43.6 Å². The average molecular weight is 495 g/mol. The number of benzene rings is 5. The second-order valence-electron chi connectivity index (χ2n) is 9.09. The third-order valence-corrected chi connectivity index (χ3v) is 7.13. The van der Waals surface area contributed by atoms with Gasteiger partial charge in [0.1, 0.15) is 29.5 Å². The van der Waals surface area contributed by atoms with Crippen molar-refractivity contribution in [2.24, 2.45) is 0 Å². The number of nitrogens with zero attached hydrogens (tertiary/aromatic N) is 4. The average Bonchev–Trinajstić information content (AvgIpc) is 3.43. The fourth-order valence-electron chi connectivity index (χ4n) is 5.58. The molecule has 2 aromatic heterocycles. The fourth-order valence-corrected chi connectivity index (χ4v) is 5.58. The lowest BCUT2D eigenvalue weighted by atomic mass is 10.1. The second-order valence-corrected chi connectivity index (χ2v) is 9.09. The summed E-state index contributed by atoms with van der Waals surface area (Å²) in [6, 6.07) is 32.6. The Morgan fingerprint density at radius 2 is 0.947 bits per heavy atom. The lowest BCUT2D eigenvalue weighted by molar-refractivity contribution is 0.573. The van der Waals surface area contributed by atoms with E-state index in [2.05, 4.69) is 12.1 Å². The van der Waals surface area contributed by atoms with Crippen molar-refractivity contribution in [3.63, 3.8) is 0 Å². The molecule has 0 fully saturated rings. The molecule has 2 heterocycles. The maximum absolute atomic E-state index is 15.2. The molecular formula is C32H16F2N4. The first-order chi connectivity index (χ1) is 18.6. The molecular weight excluding hydrogens is 478 g/mol. The summed E-state index contributed by atoms with van der Waals surface area (Å²) in [4.78, 5) is 0. The molecule has 7 rings (SSSR count). The molecule has 178 valence electrons. The summed E-state index contributed by atoms with van der Waals surface area (Å²) < 4.78 is 33.8. The Morgan fingerprint density at radius 3 is 1.47 bits per heavy atom. The summed E-state index contributed by atoms with van der Waals surface area (Å²) in [6.07, 6.45) is 0. The van der Waals surface area contributed by atoms with E-state index < -0.39 is 11.6 Å². The Morgan fingerprint density at radius 1 is 0.474 bits per heavy atom. The number of halogens is 2. The van der Waals surface area contributed by atoms with Gasteiger partial charge in [0, 0.05) is 21.5 Å². The minimum atomic E-state index is -0.671. The highest BCUT2D eigenvalue weighted by Gasteiger charge is 2.22. The van der Waals surface area contributed by atoms with Crippen LogP contribution in [0.4, 0.5) is 8.78 Å². The highest BCUT2D eigenvalue weighted by molar-refractivity contribution is 6.19. The molecule has 0 aliphatic rings. The zero-order valence-corrected chi connectivity index (χ0v) is 19.8. The summed E-state index contributed by atoms with van der Waals surface area (Å²) in [7, 11) is 0. The first-order valence-corrected chi connectivity index (χ1v) is 12.0. The number of hydrogen-bond donors (Lipinski definition) is 0. The number of rotatable bonds is 2. The molecule has 7 aromatic rings. The van der Waals surface area contributed by atoms with E-state index in [9.17, 15) is 10.5 Å². The molecule has 0 N–H and O–H groups in total. The molecule has 0 spiro atoms. The Kier molecular flexibility index (Phi) is 4.60. The Balaban J connectivity index is 1.74. The molecule has 0 radical (unpaired) electrons. The lowest BCUT2D eigenvalue weighted by Gasteiger charge is -2.13. The van der Waals surface area contributed by atoms with Crippen molar-refractivity contribution in [3.8, 4) is 23.5 Å². The van der Waals surface area contributed by atoms with E-state index in [0.717, 1.165) is 32.6 Å². The highest BCUT2D eigenvalue weighted by Crippen LogP contribution is 2.41. The molecule has 4 nitrogen and oxygen atoms in total. The number of nitriles is 2. The van der Waals surface area contributed by atoms with Crippen LogP contribution in [-0.2, 0) is 0 Å². The highest BCUT2D eigenvalue weighted by atomic mass is 19.1. The van der Waals surface area contributed by atoms with Crippen LogP contribution in [0.3, 0.4) is 0 Å². The molecule has 0 saturated carbocycles. The molecule has 0 aliphatic heterocycles. The van der Waals surface area contributed by atoms with Crippen molar-refractivity contribution in [1.82, 2.24) is 9.13 Å². The maximum Gasteiger partial charge on any atom is 0.150 e. The van der Waals surface area contributed by atoms with Crippen LogP contribution in [0, 0.1) is 34.3 Å². The zero-order chi connectivity index (χ0) is 26.0. The smallest absolute Gasteiger partial charge is 0.150 e. The Labute approximate surface area is 215 Å².